The van der Waals surface area contributed by atoms with Crippen LogP contribution in [0.2, 0.25) is 5.02 Å². The Labute approximate surface area is 211 Å². The van der Waals surface area contributed by atoms with Crippen LogP contribution >= 0.6 is 35.1 Å². The molecular formula is C24H24ClN3O4S2. The van der Waals surface area contributed by atoms with Crippen molar-refractivity contribution in [1.82, 2.24) is 15.5 Å². The molecular weight excluding hydrogens is 494 g/mol. The number of amides is 4. The van der Waals surface area contributed by atoms with Crippen molar-refractivity contribution in [2.24, 2.45) is 0 Å². The van der Waals surface area contributed by atoms with Gasteiger partial charge >= 0.3 is 0 Å². The number of carbonyl (C=O) groups is 4. The van der Waals surface area contributed by atoms with Crippen molar-refractivity contribution in [3.8, 4) is 0 Å². The van der Waals surface area contributed by atoms with Crippen LogP contribution in [0.15, 0.2) is 59.5 Å². The van der Waals surface area contributed by atoms with Gasteiger partial charge in [-0.05, 0) is 66.1 Å². The lowest BCUT2D eigenvalue weighted by molar-refractivity contribution is -0.125. The third-order valence-corrected chi connectivity index (χ3v) is 6.75. The van der Waals surface area contributed by atoms with Gasteiger partial charge in [-0.1, -0.05) is 41.9 Å². The van der Waals surface area contributed by atoms with Crippen molar-refractivity contribution in [2.75, 3.05) is 25.1 Å². The summed E-state index contributed by atoms with van der Waals surface area (Å²) in [4.78, 5) is 51.6. The van der Waals surface area contributed by atoms with Crippen molar-refractivity contribution >= 4 is 64.2 Å². The van der Waals surface area contributed by atoms with Gasteiger partial charge in [-0.15, -0.1) is 0 Å². The monoisotopic (exact) mass is 517 g/mol. The molecule has 0 spiro atoms. The number of hydrogen-bond donors (Lipinski definition) is 2. The van der Waals surface area contributed by atoms with E-state index in [2.05, 4.69) is 10.6 Å². The number of thioether (sulfide) groups is 2. The molecule has 0 aromatic heterocycles. The van der Waals surface area contributed by atoms with Gasteiger partial charge in [0.2, 0.25) is 5.91 Å². The Balaban J connectivity index is 1.56. The fourth-order valence-corrected chi connectivity index (χ4v) is 4.62. The lowest BCUT2D eigenvalue weighted by Gasteiger charge is -2.19. The molecule has 1 heterocycles. The van der Waals surface area contributed by atoms with Crippen molar-refractivity contribution in [2.45, 2.75) is 12.5 Å². The summed E-state index contributed by atoms with van der Waals surface area (Å²) < 4.78 is 0. The van der Waals surface area contributed by atoms with Crippen LogP contribution in [0.3, 0.4) is 0 Å². The maximum atomic E-state index is 12.7. The van der Waals surface area contributed by atoms with Crippen LogP contribution in [0.1, 0.15) is 22.3 Å². The first-order chi connectivity index (χ1) is 16.4. The minimum absolute atomic E-state index is 0.0379. The Bertz CT molecular complexity index is 1080. The zero-order valence-corrected chi connectivity index (χ0v) is 20.8. The molecule has 34 heavy (non-hydrogen) atoms. The van der Waals surface area contributed by atoms with Gasteiger partial charge in [-0.3, -0.25) is 24.1 Å². The molecule has 0 aliphatic carbocycles. The van der Waals surface area contributed by atoms with Gasteiger partial charge in [0.1, 0.15) is 6.04 Å². The van der Waals surface area contributed by atoms with E-state index in [1.807, 2.05) is 12.3 Å². The van der Waals surface area contributed by atoms with E-state index < -0.39 is 17.2 Å². The highest BCUT2D eigenvalue weighted by Gasteiger charge is 2.34. The molecule has 1 atom stereocenters. The Kier molecular flexibility index (Phi) is 9.62. The van der Waals surface area contributed by atoms with Gasteiger partial charge in [0.15, 0.2) is 0 Å². The van der Waals surface area contributed by atoms with Crippen LogP contribution in [0.4, 0.5) is 4.79 Å². The van der Waals surface area contributed by atoms with Gasteiger partial charge < -0.3 is 10.6 Å². The first-order valence-electron chi connectivity index (χ1n) is 10.5. The first kappa shape index (κ1) is 25.9. The summed E-state index contributed by atoms with van der Waals surface area (Å²) in [6, 6.07) is 14.9. The third kappa shape index (κ3) is 7.12. The molecule has 178 valence electrons. The minimum atomic E-state index is -0.722. The number of nitrogens with zero attached hydrogens (tertiary/aromatic N) is 1. The maximum absolute atomic E-state index is 12.7. The second-order valence-corrected chi connectivity index (χ2v) is 9.76. The van der Waals surface area contributed by atoms with Crippen molar-refractivity contribution < 1.29 is 19.2 Å². The molecule has 1 aliphatic heterocycles. The molecule has 1 unspecified atom stereocenters. The van der Waals surface area contributed by atoms with Crippen LogP contribution < -0.4 is 10.6 Å². The first-order valence-corrected chi connectivity index (χ1v) is 13.1. The summed E-state index contributed by atoms with van der Waals surface area (Å²) >= 11 is 8.31. The summed E-state index contributed by atoms with van der Waals surface area (Å²) in [5, 5.41) is 5.69. The molecule has 3 rings (SSSR count). The molecule has 7 nitrogen and oxygen atoms in total. The predicted molar refractivity (Wildman–Crippen MR) is 138 cm³/mol. The fraction of sp³-hybridized carbons (Fsp3) is 0.250. The highest BCUT2D eigenvalue weighted by Crippen LogP contribution is 2.32. The van der Waals surface area contributed by atoms with Crippen LogP contribution in [0, 0.1) is 0 Å². The van der Waals surface area contributed by atoms with Crippen LogP contribution in [0.25, 0.3) is 6.08 Å². The Morgan fingerprint density at radius 2 is 1.82 bits per heavy atom. The average Bonchev–Trinajstić information content (AvgIpc) is 3.10. The fourth-order valence-electron chi connectivity index (χ4n) is 3.15. The van der Waals surface area contributed by atoms with Crippen molar-refractivity contribution in [3.05, 3.63) is 75.7 Å². The molecule has 0 radical (unpaired) electrons. The van der Waals surface area contributed by atoms with Crippen LogP contribution in [0.5, 0.6) is 0 Å². The summed E-state index contributed by atoms with van der Waals surface area (Å²) in [7, 11) is 0. The van der Waals surface area contributed by atoms with E-state index in [1.54, 1.807) is 66.4 Å². The second kappa shape index (κ2) is 12.6. The Morgan fingerprint density at radius 1 is 1.12 bits per heavy atom. The van der Waals surface area contributed by atoms with E-state index in [0.717, 1.165) is 22.2 Å². The normalized spacial score (nSPS) is 15.5. The molecule has 2 aromatic rings. The van der Waals surface area contributed by atoms with E-state index in [1.165, 1.54) is 0 Å². The number of halogens is 1. The van der Waals surface area contributed by atoms with Gasteiger partial charge in [-0.25, -0.2) is 0 Å². The lowest BCUT2D eigenvalue weighted by atomic mass is 10.1. The van der Waals surface area contributed by atoms with Gasteiger partial charge in [0.05, 0.1) is 4.91 Å². The highest BCUT2D eigenvalue weighted by molar-refractivity contribution is 8.18. The average molecular weight is 518 g/mol. The van der Waals surface area contributed by atoms with Gasteiger partial charge in [-0.2, -0.15) is 11.8 Å². The zero-order chi connectivity index (χ0) is 24.5. The largest absolute Gasteiger partial charge is 0.353 e. The molecule has 2 N–H and O–H groups in total. The van der Waals surface area contributed by atoms with Gasteiger partial charge in [0.25, 0.3) is 17.1 Å². The smallest absolute Gasteiger partial charge is 0.293 e. The summed E-state index contributed by atoms with van der Waals surface area (Å²) in [5.74, 6) is -0.413. The van der Waals surface area contributed by atoms with Crippen molar-refractivity contribution in [3.63, 3.8) is 0 Å². The number of benzene rings is 2. The lowest BCUT2D eigenvalue weighted by Crippen LogP contribution is -2.48. The number of rotatable bonds is 10. The van der Waals surface area contributed by atoms with E-state index in [4.69, 9.17) is 11.6 Å². The molecule has 0 saturated carbocycles. The van der Waals surface area contributed by atoms with E-state index in [0.29, 0.717) is 27.7 Å². The van der Waals surface area contributed by atoms with E-state index in [9.17, 15) is 19.2 Å². The Hall–Kier alpha value is -2.75. The summed E-state index contributed by atoms with van der Waals surface area (Å²) in [6.45, 7) is 0.123. The molecule has 10 heteroatoms. The maximum Gasteiger partial charge on any atom is 0.293 e. The van der Waals surface area contributed by atoms with E-state index in [-0.39, 0.29) is 24.9 Å². The van der Waals surface area contributed by atoms with Gasteiger partial charge in [0, 0.05) is 23.7 Å². The standard InChI is InChI=1S/C24H24ClN3O4S2/c1-33-14-11-19(27-21(29)17-5-3-2-4-6-17)22(30)26-12-13-28-23(31)20(34-24(28)32)15-16-7-9-18(25)10-8-16/h2-10,15,19H,11-14H2,1H3,(H,26,30)(H,27,29). The molecule has 1 aliphatic rings. The molecule has 1 saturated heterocycles. The van der Waals surface area contributed by atoms with Crippen molar-refractivity contribution in [1.29, 1.82) is 0 Å². The summed E-state index contributed by atoms with van der Waals surface area (Å²) in [6.07, 6.45) is 4.01. The molecule has 1 fully saturated rings. The number of imide groups is 1. The molecule has 4 amide bonds. The predicted octanol–water partition coefficient (Wildman–Crippen LogP) is 4.04. The number of carbonyl (C=O) groups excluding carboxylic acids is 4. The molecule has 2 aromatic carbocycles. The highest BCUT2D eigenvalue weighted by atomic mass is 35.5. The molecule has 0 bridgehead atoms. The quantitative estimate of drug-likeness (QED) is 0.462. The SMILES string of the molecule is CSCCC(NC(=O)c1ccccc1)C(=O)NCCN1C(=O)SC(=Cc2ccc(Cl)cc2)C1=O. The topological polar surface area (TPSA) is 95.6 Å². The number of hydrogen-bond acceptors (Lipinski definition) is 6. The summed E-state index contributed by atoms with van der Waals surface area (Å²) in [5.41, 5.74) is 1.23. The number of nitrogens with one attached hydrogen (secondary N) is 2. The zero-order valence-electron chi connectivity index (χ0n) is 18.5. The van der Waals surface area contributed by atoms with E-state index >= 15 is 0 Å². The third-order valence-electron chi connectivity index (χ3n) is 4.94. The minimum Gasteiger partial charge on any atom is -0.353 e. The second-order valence-electron chi connectivity index (χ2n) is 7.35. The Morgan fingerprint density at radius 3 is 2.50 bits per heavy atom. The van der Waals surface area contributed by atoms with Crippen LogP contribution in [-0.2, 0) is 9.59 Å². The van der Waals surface area contributed by atoms with Crippen LogP contribution in [-0.4, -0.2) is 59.0 Å².